The quantitative estimate of drug-likeness (QED) is 0.261. The van der Waals surface area contributed by atoms with Gasteiger partial charge in [-0.25, -0.2) is 0 Å². The standard InChI is InChI=1S/C32H44/c1-9-12-14-20-32(21-15-13-10-2)28-22-24(30(4,5)6)16-18-26(28)27-19-17-25(23-29(27)32)31(7,8)11-3/h9-10,16-19,22-23H,1-2,11-15,20-21H2,3-8H3. The Labute approximate surface area is 197 Å². The molecule has 172 valence electrons. The zero-order chi connectivity index (χ0) is 23.6. The summed E-state index contributed by atoms with van der Waals surface area (Å²) in [5, 5.41) is 0. The van der Waals surface area contributed by atoms with Gasteiger partial charge in [0, 0.05) is 5.41 Å². The van der Waals surface area contributed by atoms with Gasteiger partial charge < -0.3 is 0 Å². The van der Waals surface area contributed by atoms with Gasteiger partial charge in [0.1, 0.15) is 0 Å². The summed E-state index contributed by atoms with van der Waals surface area (Å²) in [6.45, 7) is 22.1. The average Bonchev–Trinajstić information content (AvgIpc) is 3.03. The fourth-order valence-corrected chi connectivity index (χ4v) is 5.35. The van der Waals surface area contributed by atoms with E-state index in [0.29, 0.717) is 0 Å². The van der Waals surface area contributed by atoms with Crippen molar-refractivity contribution in [2.45, 2.75) is 103 Å². The van der Waals surface area contributed by atoms with Crippen LogP contribution < -0.4 is 0 Å². The maximum absolute atomic E-state index is 4.00. The molecule has 0 aliphatic heterocycles. The maximum Gasteiger partial charge on any atom is 0.0215 e. The fourth-order valence-electron chi connectivity index (χ4n) is 5.35. The number of benzene rings is 2. The molecule has 3 rings (SSSR count). The first-order valence-corrected chi connectivity index (χ1v) is 12.6. The minimum atomic E-state index is 0.0811. The van der Waals surface area contributed by atoms with Crippen molar-refractivity contribution in [2.75, 3.05) is 0 Å². The van der Waals surface area contributed by atoms with Gasteiger partial charge in [0.05, 0.1) is 0 Å². The molecule has 0 bridgehead atoms. The van der Waals surface area contributed by atoms with Gasteiger partial charge in [-0.3, -0.25) is 0 Å². The van der Waals surface area contributed by atoms with E-state index in [2.05, 4.69) is 103 Å². The highest BCUT2D eigenvalue weighted by Crippen LogP contribution is 2.55. The third kappa shape index (κ3) is 4.52. The first kappa shape index (κ1) is 24.6. The highest BCUT2D eigenvalue weighted by atomic mass is 14.5. The summed E-state index contributed by atoms with van der Waals surface area (Å²) in [5.74, 6) is 0. The average molecular weight is 429 g/mol. The second-order valence-electron chi connectivity index (χ2n) is 11.5. The topological polar surface area (TPSA) is 0 Å². The van der Waals surface area contributed by atoms with E-state index in [1.807, 2.05) is 0 Å². The Morgan fingerprint density at radius 2 is 1.22 bits per heavy atom. The second-order valence-corrected chi connectivity index (χ2v) is 11.5. The number of fused-ring (bicyclic) bond motifs is 3. The predicted octanol–water partition coefficient (Wildman–Crippen LogP) is 9.65. The number of hydrogen-bond donors (Lipinski definition) is 0. The lowest BCUT2D eigenvalue weighted by Crippen LogP contribution is -2.27. The summed E-state index contributed by atoms with van der Waals surface area (Å²) in [5.41, 5.74) is 9.35. The summed E-state index contributed by atoms with van der Waals surface area (Å²) < 4.78 is 0. The van der Waals surface area contributed by atoms with Crippen molar-refractivity contribution >= 4 is 0 Å². The van der Waals surface area contributed by atoms with Gasteiger partial charge in [-0.1, -0.05) is 90.1 Å². The highest BCUT2D eigenvalue weighted by molar-refractivity contribution is 5.82. The SMILES string of the molecule is C=CCCCC1(CCCC=C)c2cc(C(C)(C)C)ccc2-c2ccc(C(C)(C)CC)cc21. The molecule has 1 aliphatic carbocycles. The summed E-state index contributed by atoms with van der Waals surface area (Å²) in [6, 6.07) is 14.7. The molecular weight excluding hydrogens is 384 g/mol. The van der Waals surface area contributed by atoms with E-state index in [1.165, 1.54) is 47.9 Å². The van der Waals surface area contributed by atoms with Gasteiger partial charge in [-0.2, -0.15) is 0 Å². The molecule has 0 radical (unpaired) electrons. The van der Waals surface area contributed by atoms with Gasteiger partial charge in [-0.15, -0.1) is 13.2 Å². The first-order valence-electron chi connectivity index (χ1n) is 12.6. The highest BCUT2D eigenvalue weighted by Gasteiger charge is 2.43. The predicted molar refractivity (Wildman–Crippen MR) is 143 cm³/mol. The molecule has 0 heterocycles. The molecule has 0 heteroatoms. The van der Waals surface area contributed by atoms with Gasteiger partial charge in [-0.05, 0) is 89.2 Å². The van der Waals surface area contributed by atoms with Gasteiger partial charge in [0.25, 0.3) is 0 Å². The van der Waals surface area contributed by atoms with Crippen molar-refractivity contribution in [3.8, 4) is 11.1 Å². The fraction of sp³-hybridized carbons (Fsp3) is 0.500. The number of unbranched alkanes of at least 4 members (excludes halogenated alkanes) is 2. The van der Waals surface area contributed by atoms with Crippen molar-refractivity contribution in [3.63, 3.8) is 0 Å². The Kier molecular flexibility index (Phi) is 7.23. The van der Waals surface area contributed by atoms with Crippen LogP contribution in [0.5, 0.6) is 0 Å². The Balaban J connectivity index is 2.26. The lowest BCUT2D eigenvalue weighted by atomic mass is 9.69. The Morgan fingerprint density at radius 1 is 0.750 bits per heavy atom. The molecule has 0 nitrogen and oxygen atoms in total. The molecule has 2 aromatic rings. The molecule has 0 amide bonds. The van der Waals surface area contributed by atoms with E-state index < -0.39 is 0 Å². The smallest absolute Gasteiger partial charge is 0.0215 e. The van der Waals surface area contributed by atoms with Crippen LogP contribution in [0.1, 0.15) is 109 Å². The number of allylic oxidation sites excluding steroid dienone is 2. The van der Waals surface area contributed by atoms with E-state index in [9.17, 15) is 0 Å². The van der Waals surface area contributed by atoms with Crippen LogP contribution in [0, 0.1) is 0 Å². The molecule has 0 unspecified atom stereocenters. The molecule has 0 saturated heterocycles. The molecule has 0 atom stereocenters. The zero-order valence-corrected chi connectivity index (χ0v) is 21.5. The second kappa shape index (κ2) is 9.42. The molecule has 0 fully saturated rings. The number of rotatable bonds is 10. The monoisotopic (exact) mass is 428 g/mol. The molecular formula is C32H44. The summed E-state index contributed by atoms with van der Waals surface area (Å²) >= 11 is 0. The number of hydrogen-bond acceptors (Lipinski definition) is 0. The minimum absolute atomic E-state index is 0.0811. The third-order valence-electron chi connectivity index (χ3n) is 7.92. The molecule has 32 heavy (non-hydrogen) atoms. The van der Waals surface area contributed by atoms with Crippen LogP contribution in [0.2, 0.25) is 0 Å². The zero-order valence-electron chi connectivity index (χ0n) is 21.5. The van der Waals surface area contributed by atoms with Crippen molar-refractivity contribution in [2.24, 2.45) is 0 Å². The largest absolute Gasteiger partial charge is 0.103 e. The lowest BCUT2D eigenvalue weighted by molar-refractivity contribution is 0.419. The van der Waals surface area contributed by atoms with E-state index in [-0.39, 0.29) is 16.2 Å². The Morgan fingerprint density at radius 3 is 1.66 bits per heavy atom. The summed E-state index contributed by atoms with van der Waals surface area (Å²) in [4.78, 5) is 0. The van der Waals surface area contributed by atoms with E-state index in [1.54, 1.807) is 11.1 Å². The molecule has 1 aliphatic rings. The van der Waals surface area contributed by atoms with Crippen LogP contribution in [0.4, 0.5) is 0 Å². The Bertz CT molecular complexity index is 950. The van der Waals surface area contributed by atoms with Gasteiger partial charge in [0.15, 0.2) is 0 Å². The summed E-state index contributed by atoms with van der Waals surface area (Å²) in [6.07, 6.45) is 12.2. The molecule has 0 saturated carbocycles. The first-order chi connectivity index (χ1) is 15.1. The van der Waals surface area contributed by atoms with Crippen molar-refractivity contribution in [1.82, 2.24) is 0 Å². The van der Waals surface area contributed by atoms with Crippen LogP contribution in [-0.2, 0) is 16.2 Å². The minimum Gasteiger partial charge on any atom is -0.103 e. The molecule has 2 aromatic carbocycles. The van der Waals surface area contributed by atoms with Crippen LogP contribution in [-0.4, -0.2) is 0 Å². The van der Waals surface area contributed by atoms with Crippen LogP contribution >= 0.6 is 0 Å². The van der Waals surface area contributed by atoms with Gasteiger partial charge >= 0.3 is 0 Å². The summed E-state index contributed by atoms with van der Waals surface area (Å²) in [7, 11) is 0. The molecule has 0 spiro atoms. The van der Waals surface area contributed by atoms with Crippen molar-refractivity contribution in [1.29, 1.82) is 0 Å². The third-order valence-corrected chi connectivity index (χ3v) is 7.92. The van der Waals surface area contributed by atoms with Crippen LogP contribution in [0.25, 0.3) is 11.1 Å². The van der Waals surface area contributed by atoms with Gasteiger partial charge in [0.2, 0.25) is 0 Å². The van der Waals surface area contributed by atoms with Crippen molar-refractivity contribution in [3.05, 3.63) is 84.0 Å². The maximum atomic E-state index is 4.00. The molecule has 0 aromatic heterocycles. The molecule has 0 N–H and O–H groups in total. The normalized spacial score (nSPS) is 14.7. The van der Waals surface area contributed by atoms with Crippen LogP contribution in [0.15, 0.2) is 61.7 Å². The van der Waals surface area contributed by atoms with Crippen molar-refractivity contribution < 1.29 is 0 Å². The van der Waals surface area contributed by atoms with E-state index >= 15 is 0 Å². The Hall–Kier alpha value is -2.08. The lowest BCUT2D eigenvalue weighted by Gasteiger charge is -2.35. The van der Waals surface area contributed by atoms with E-state index in [4.69, 9.17) is 0 Å². The van der Waals surface area contributed by atoms with Crippen LogP contribution in [0.3, 0.4) is 0 Å². The van der Waals surface area contributed by atoms with E-state index in [0.717, 1.165) is 19.3 Å².